The second-order valence-corrected chi connectivity index (χ2v) is 5.37. The van der Waals surface area contributed by atoms with E-state index >= 15 is 0 Å². The van der Waals surface area contributed by atoms with E-state index in [-0.39, 0.29) is 10.0 Å². The predicted octanol–water partition coefficient (Wildman–Crippen LogP) is 3.99. The lowest BCUT2D eigenvalue weighted by atomic mass is 10.3. The number of nitrogens with zero attached hydrogens (tertiary/aromatic N) is 1. The Kier molecular flexibility index (Phi) is 4.69. The number of methoxy groups -OCH3 is 2. The second kappa shape index (κ2) is 6.30. The van der Waals surface area contributed by atoms with E-state index in [0.717, 1.165) is 11.3 Å². The molecule has 0 bridgehead atoms. The number of aromatic nitrogens is 1. The first-order valence-electron chi connectivity index (χ1n) is 5.40. The third-order valence-electron chi connectivity index (χ3n) is 2.36. The minimum Gasteiger partial charge on any atom is -0.495 e. The Hall–Kier alpha value is -1.50. The third-order valence-corrected chi connectivity index (χ3v) is 4.01. The lowest BCUT2D eigenvalue weighted by Gasteiger charge is -2.06. The average molecular weight is 333 g/mol. The van der Waals surface area contributed by atoms with Gasteiger partial charge in [-0.05, 0) is 12.1 Å². The molecule has 0 unspecified atom stereocenters. The summed E-state index contributed by atoms with van der Waals surface area (Å²) in [6.07, 6.45) is 0. The van der Waals surface area contributed by atoms with Crippen LogP contribution in [0.3, 0.4) is 0 Å². The first-order valence-corrected chi connectivity index (χ1v) is 6.97. The number of halogens is 2. The van der Waals surface area contributed by atoms with Gasteiger partial charge in [-0.3, -0.25) is 0 Å². The molecular weight excluding hydrogens is 323 g/mol. The van der Waals surface area contributed by atoms with Gasteiger partial charge in [-0.25, -0.2) is 9.78 Å². The van der Waals surface area contributed by atoms with E-state index in [9.17, 15) is 4.79 Å². The number of rotatable bonds is 4. The van der Waals surface area contributed by atoms with Gasteiger partial charge in [-0.2, -0.15) is 0 Å². The Morgan fingerprint density at radius 3 is 2.75 bits per heavy atom. The van der Waals surface area contributed by atoms with Crippen molar-refractivity contribution in [3.63, 3.8) is 0 Å². The highest BCUT2D eigenvalue weighted by Crippen LogP contribution is 2.32. The van der Waals surface area contributed by atoms with Crippen molar-refractivity contribution < 1.29 is 14.3 Å². The maximum absolute atomic E-state index is 11.4. The minimum absolute atomic E-state index is 0.102. The van der Waals surface area contributed by atoms with Crippen LogP contribution < -0.4 is 10.1 Å². The fourth-order valence-corrected chi connectivity index (χ4v) is 2.75. The predicted molar refractivity (Wildman–Crippen MR) is 79.8 cm³/mol. The van der Waals surface area contributed by atoms with E-state index in [4.69, 9.17) is 27.9 Å². The van der Waals surface area contributed by atoms with Crippen LogP contribution in [0.2, 0.25) is 10.2 Å². The normalized spacial score (nSPS) is 10.2. The van der Waals surface area contributed by atoms with Crippen LogP contribution in [0.1, 0.15) is 9.67 Å². The van der Waals surface area contributed by atoms with E-state index in [2.05, 4.69) is 15.0 Å². The summed E-state index contributed by atoms with van der Waals surface area (Å²) in [5, 5.41) is 4.10. The van der Waals surface area contributed by atoms with Gasteiger partial charge in [-0.15, -0.1) is 0 Å². The number of carbonyl (C=O) groups excluding carboxylic acids is 1. The van der Waals surface area contributed by atoms with Crippen molar-refractivity contribution in [2.45, 2.75) is 0 Å². The second-order valence-electron chi connectivity index (χ2n) is 3.60. The summed E-state index contributed by atoms with van der Waals surface area (Å²) in [5.74, 6) is 0.0155. The van der Waals surface area contributed by atoms with Crippen molar-refractivity contribution in [1.29, 1.82) is 0 Å². The van der Waals surface area contributed by atoms with Crippen molar-refractivity contribution >= 4 is 51.3 Å². The quantitative estimate of drug-likeness (QED) is 0.858. The van der Waals surface area contributed by atoms with Crippen molar-refractivity contribution in [2.75, 3.05) is 19.5 Å². The van der Waals surface area contributed by atoms with E-state index in [1.54, 1.807) is 18.2 Å². The zero-order valence-electron chi connectivity index (χ0n) is 10.6. The molecule has 20 heavy (non-hydrogen) atoms. The molecule has 0 radical (unpaired) electrons. The summed E-state index contributed by atoms with van der Waals surface area (Å²) in [4.78, 5) is 15.7. The van der Waals surface area contributed by atoms with Crippen LogP contribution >= 0.6 is 34.5 Å². The smallest absolute Gasteiger partial charge is 0.351 e. The molecule has 1 aromatic heterocycles. The Morgan fingerprint density at radius 1 is 1.35 bits per heavy atom. The number of hydrogen-bond donors (Lipinski definition) is 1. The van der Waals surface area contributed by atoms with Gasteiger partial charge >= 0.3 is 5.97 Å². The highest BCUT2D eigenvalue weighted by molar-refractivity contribution is 7.18. The molecule has 0 spiro atoms. The molecule has 0 aliphatic rings. The van der Waals surface area contributed by atoms with E-state index in [0.29, 0.717) is 21.6 Å². The zero-order chi connectivity index (χ0) is 14.7. The van der Waals surface area contributed by atoms with Crippen molar-refractivity contribution in [3.8, 4) is 5.75 Å². The standard InChI is InChI=1S/C12H10Cl2N2O3S/c1-18-8-5-6(3-4-7(8)13)15-12-16-10(14)9(20-12)11(17)19-2/h3-5H,1-2H3,(H,15,16). The molecule has 0 atom stereocenters. The Labute approximate surface area is 129 Å². The van der Waals surface area contributed by atoms with Crippen LogP contribution in [0.4, 0.5) is 10.8 Å². The number of benzene rings is 1. The number of thiazole rings is 1. The largest absolute Gasteiger partial charge is 0.495 e. The van der Waals surface area contributed by atoms with Gasteiger partial charge in [0.15, 0.2) is 15.2 Å². The topological polar surface area (TPSA) is 60.5 Å². The molecular formula is C12H10Cl2N2O3S. The molecule has 2 aromatic rings. The summed E-state index contributed by atoms with van der Waals surface area (Å²) in [7, 11) is 2.82. The maximum atomic E-state index is 11.4. The molecule has 0 saturated heterocycles. The molecule has 0 fully saturated rings. The Morgan fingerprint density at radius 2 is 2.10 bits per heavy atom. The van der Waals surface area contributed by atoms with Crippen LogP contribution in [-0.2, 0) is 4.74 Å². The number of nitrogens with one attached hydrogen (secondary N) is 1. The van der Waals surface area contributed by atoms with Crippen molar-refractivity contribution in [1.82, 2.24) is 4.98 Å². The van der Waals surface area contributed by atoms with Crippen LogP contribution in [0, 0.1) is 0 Å². The molecule has 5 nitrogen and oxygen atoms in total. The Bertz CT molecular complexity index is 646. The van der Waals surface area contributed by atoms with Gasteiger partial charge in [0.1, 0.15) is 5.75 Å². The molecule has 1 heterocycles. The third kappa shape index (κ3) is 3.15. The molecule has 0 saturated carbocycles. The average Bonchev–Trinajstić information content (AvgIpc) is 2.80. The minimum atomic E-state index is -0.519. The number of hydrogen-bond acceptors (Lipinski definition) is 6. The summed E-state index contributed by atoms with van der Waals surface area (Å²) in [5.41, 5.74) is 0.716. The van der Waals surface area contributed by atoms with Crippen molar-refractivity contribution in [3.05, 3.63) is 33.3 Å². The van der Waals surface area contributed by atoms with Crippen LogP contribution in [0.5, 0.6) is 5.75 Å². The molecule has 8 heteroatoms. The fraction of sp³-hybridized carbons (Fsp3) is 0.167. The fourth-order valence-electron chi connectivity index (χ4n) is 1.43. The number of carbonyl (C=O) groups is 1. The van der Waals surface area contributed by atoms with E-state index in [1.807, 2.05) is 0 Å². The van der Waals surface area contributed by atoms with Crippen molar-refractivity contribution in [2.24, 2.45) is 0 Å². The van der Waals surface area contributed by atoms with Crippen LogP contribution in [0.25, 0.3) is 0 Å². The maximum Gasteiger partial charge on any atom is 0.351 e. The van der Waals surface area contributed by atoms with Gasteiger partial charge in [0.05, 0.1) is 19.2 Å². The molecule has 106 valence electrons. The highest BCUT2D eigenvalue weighted by Gasteiger charge is 2.17. The Balaban J connectivity index is 2.24. The molecule has 0 aliphatic heterocycles. The molecule has 1 N–H and O–H groups in total. The van der Waals surface area contributed by atoms with Crippen LogP contribution in [-0.4, -0.2) is 25.2 Å². The summed E-state index contributed by atoms with van der Waals surface area (Å²) >= 11 is 12.9. The molecule has 0 amide bonds. The van der Waals surface area contributed by atoms with Gasteiger partial charge < -0.3 is 14.8 Å². The molecule has 1 aromatic carbocycles. The summed E-state index contributed by atoms with van der Waals surface area (Å²) in [6, 6.07) is 5.17. The SMILES string of the molecule is COC(=O)c1sc(Nc2ccc(Cl)c(OC)c2)nc1Cl. The van der Waals surface area contributed by atoms with Gasteiger partial charge in [0, 0.05) is 11.8 Å². The summed E-state index contributed by atoms with van der Waals surface area (Å²) in [6.45, 7) is 0. The lowest BCUT2D eigenvalue weighted by molar-refractivity contribution is 0.0606. The van der Waals surface area contributed by atoms with E-state index in [1.165, 1.54) is 14.2 Å². The summed E-state index contributed by atoms with van der Waals surface area (Å²) < 4.78 is 9.73. The van der Waals surface area contributed by atoms with Gasteiger partial charge in [-0.1, -0.05) is 34.5 Å². The van der Waals surface area contributed by atoms with E-state index < -0.39 is 5.97 Å². The number of anilines is 2. The molecule has 0 aliphatic carbocycles. The van der Waals surface area contributed by atoms with Gasteiger partial charge in [0.25, 0.3) is 0 Å². The first-order chi connectivity index (χ1) is 9.55. The number of esters is 1. The lowest BCUT2D eigenvalue weighted by Crippen LogP contribution is -1.98. The van der Waals surface area contributed by atoms with Gasteiger partial charge in [0.2, 0.25) is 0 Å². The first kappa shape index (κ1) is 14.9. The number of ether oxygens (including phenoxy) is 2. The van der Waals surface area contributed by atoms with Crippen LogP contribution in [0.15, 0.2) is 18.2 Å². The highest BCUT2D eigenvalue weighted by atomic mass is 35.5. The zero-order valence-corrected chi connectivity index (χ0v) is 12.9. The molecule has 2 rings (SSSR count). The monoisotopic (exact) mass is 332 g/mol.